The van der Waals surface area contributed by atoms with E-state index in [2.05, 4.69) is 20.6 Å². The lowest BCUT2D eigenvalue weighted by atomic mass is 10.2. The zero-order valence-corrected chi connectivity index (χ0v) is 15.5. The average Bonchev–Trinajstić information content (AvgIpc) is 3.27. The number of amides is 1. The summed E-state index contributed by atoms with van der Waals surface area (Å²) in [5, 5.41) is 10.2. The summed E-state index contributed by atoms with van der Waals surface area (Å²) in [6, 6.07) is 15.3. The zero-order valence-electron chi connectivity index (χ0n) is 15.5. The normalized spacial score (nSPS) is 10.8. The number of hydrogen-bond donors (Lipinski definition) is 2. The lowest BCUT2D eigenvalue weighted by Gasteiger charge is -2.05. The summed E-state index contributed by atoms with van der Waals surface area (Å²) in [7, 11) is 0. The van der Waals surface area contributed by atoms with Crippen LogP contribution in [0.15, 0.2) is 59.0 Å². The van der Waals surface area contributed by atoms with Crippen LogP contribution in [0, 0.1) is 12.7 Å². The number of anilines is 2. The molecule has 0 aliphatic heterocycles. The van der Waals surface area contributed by atoms with Gasteiger partial charge in [0.2, 0.25) is 5.89 Å². The fourth-order valence-corrected chi connectivity index (χ4v) is 2.76. The molecule has 146 valence electrons. The zero-order chi connectivity index (χ0) is 20.4. The number of halogens is 1. The maximum absolute atomic E-state index is 13.7. The van der Waals surface area contributed by atoms with Crippen molar-refractivity contribution in [2.75, 3.05) is 11.1 Å². The van der Waals surface area contributed by atoms with E-state index in [1.165, 1.54) is 22.9 Å². The van der Waals surface area contributed by atoms with E-state index in [0.717, 1.165) is 5.56 Å². The first-order chi connectivity index (χ1) is 14.0. The maximum atomic E-state index is 13.7. The van der Waals surface area contributed by atoms with Crippen LogP contribution < -0.4 is 11.1 Å². The van der Waals surface area contributed by atoms with Crippen LogP contribution in [0.2, 0.25) is 0 Å². The molecule has 2 aromatic heterocycles. The number of aryl methyl sites for hydroxylation is 1. The fourth-order valence-electron chi connectivity index (χ4n) is 2.76. The molecule has 3 N–H and O–H groups in total. The van der Waals surface area contributed by atoms with Crippen LogP contribution in [-0.2, 0) is 6.54 Å². The summed E-state index contributed by atoms with van der Waals surface area (Å²) >= 11 is 0. The number of nitrogens with two attached hydrogens (primary N) is 1. The molecule has 1 amide bonds. The molecule has 2 aromatic carbocycles. The van der Waals surface area contributed by atoms with E-state index in [4.69, 9.17) is 10.2 Å². The van der Waals surface area contributed by atoms with Gasteiger partial charge in [-0.15, -0.1) is 5.10 Å². The number of carbonyl (C=O) groups excluding carboxylic acids is 1. The lowest BCUT2D eigenvalue weighted by Crippen LogP contribution is -2.16. The van der Waals surface area contributed by atoms with E-state index in [9.17, 15) is 9.18 Å². The topological polar surface area (TPSA) is 112 Å². The highest BCUT2D eigenvalue weighted by molar-refractivity contribution is 6.05. The summed E-state index contributed by atoms with van der Waals surface area (Å²) in [6.07, 6.45) is 0. The minimum Gasteiger partial charge on any atom is -0.441 e. The Labute approximate surface area is 165 Å². The van der Waals surface area contributed by atoms with Crippen LogP contribution in [-0.4, -0.2) is 25.9 Å². The Morgan fingerprint density at radius 3 is 2.66 bits per heavy atom. The first kappa shape index (κ1) is 18.4. The van der Waals surface area contributed by atoms with E-state index in [0.29, 0.717) is 17.3 Å². The highest BCUT2D eigenvalue weighted by atomic mass is 19.1. The van der Waals surface area contributed by atoms with Crippen LogP contribution in [0.5, 0.6) is 0 Å². The molecule has 0 bridgehead atoms. The summed E-state index contributed by atoms with van der Waals surface area (Å²) in [5.74, 6) is -0.0768. The smallest absolute Gasteiger partial charge is 0.280 e. The quantitative estimate of drug-likeness (QED) is 0.539. The summed E-state index contributed by atoms with van der Waals surface area (Å²) in [5.41, 5.74) is 7.43. The van der Waals surface area contributed by atoms with Crippen molar-refractivity contribution in [2.24, 2.45) is 0 Å². The molecule has 0 aliphatic rings. The van der Waals surface area contributed by atoms with Crippen molar-refractivity contribution in [3.8, 4) is 11.5 Å². The lowest BCUT2D eigenvalue weighted by molar-refractivity contribution is 0.102. The highest BCUT2D eigenvalue weighted by Crippen LogP contribution is 2.23. The molecule has 0 atom stereocenters. The van der Waals surface area contributed by atoms with Crippen molar-refractivity contribution in [3.05, 3.63) is 77.6 Å². The molecule has 0 saturated heterocycles. The Hall–Kier alpha value is -4.01. The Kier molecular flexibility index (Phi) is 4.78. The average molecular weight is 392 g/mol. The number of aromatic nitrogens is 4. The third kappa shape index (κ3) is 3.70. The van der Waals surface area contributed by atoms with Gasteiger partial charge in [-0.25, -0.2) is 14.1 Å². The van der Waals surface area contributed by atoms with Gasteiger partial charge in [0, 0.05) is 5.56 Å². The predicted molar refractivity (Wildman–Crippen MR) is 105 cm³/mol. The maximum Gasteiger partial charge on any atom is 0.280 e. The molecule has 0 saturated carbocycles. The molecular formula is C20H17FN6O2. The standard InChI is InChI=1S/C20H17FN6O2/c1-12-16(24-20(29-12)13-7-3-2-4-8-13)11-27-18(22)17(25-26-27)19(28)23-15-10-6-5-9-14(15)21/h2-10H,11,22H2,1H3,(H,23,28). The molecule has 4 rings (SSSR count). The van der Waals surface area contributed by atoms with Gasteiger partial charge in [0.25, 0.3) is 5.91 Å². The number of nitrogens with zero attached hydrogens (tertiary/aromatic N) is 4. The van der Waals surface area contributed by atoms with E-state index < -0.39 is 11.7 Å². The highest BCUT2D eigenvalue weighted by Gasteiger charge is 2.20. The second-order valence-electron chi connectivity index (χ2n) is 6.30. The molecule has 4 aromatic rings. The van der Waals surface area contributed by atoms with Crippen LogP contribution in [0.4, 0.5) is 15.9 Å². The van der Waals surface area contributed by atoms with Gasteiger partial charge in [-0.3, -0.25) is 4.79 Å². The molecule has 29 heavy (non-hydrogen) atoms. The molecule has 8 nitrogen and oxygen atoms in total. The largest absolute Gasteiger partial charge is 0.441 e. The Morgan fingerprint density at radius 1 is 1.17 bits per heavy atom. The molecule has 0 spiro atoms. The number of rotatable bonds is 5. The number of benzene rings is 2. The third-order valence-electron chi connectivity index (χ3n) is 4.32. The van der Waals surface area contributed by atoms with E-state index >= 15 is 0 Å². The number of nitrogen functional groups attached to an aromatic ring is 1. The Balaban J connectivity index is 1.54. The monoisotopic (exact) mass is 392 g/mol. The van der Waals surface area contributed by atoms with Gasteiger partial charge in [-0.05, 0) is 31.2 Å². The third-order valence-corrected chi connectivity index (χ3v) is 4.32. The predicted octanol–water partition coefficient (Wildman–Crippen LogP) is 3.26. The Bertz CT molecular complexity index is 1170. The van der Waals surface area contributed by atoms with Crippen molar-refractivity contribution in [2.45, 2.75) is 13.5 Å². The number of oxazole rings is 1. The minimum absolute atomic E-state index is 0.0336. The number of nitrogens with one attached hydrogen (secondary N) is 1. The van der Waals surface area contributed by atoms with Crippen molar-refractivity contribution in [1.29, 1.82) is 0 Å². The summed E-state index contributed by atoms with van der Waals surface area (Å²) in [6.45, 7) is 1.96. The fraction of sp³-hybridized carbons (Fsp3) is 0.100. The van der Waals surface area contributed by atoms with Crippen molar-refractivity contribution >= 4 is 17.4 Å². The van der Waals surface area contributed by atoms with Gasteiger partial charge in [-0.1, -0.05) is 35.5 Å². The number of hydrogen-bond acceptors (Lipinski definition) is 6. The van der Waals surface area contributed by atoms with E-state index in [1.807, 2.05) is 30.3 Å². The van der Waals surface area contributed by atoms with Gasteiger partial charge in [0.1, 0.15) is 17.3 Å². The van der Waals surface area contributed by atoms with Gasteiger partial charge in [0.05, 0.1) is 12.2 Å². The minimum atomic E-state index is -0.652. The SMILES string of the molecule is Cc1oc(-c2ccccc2)nc1Cn1nnc(C(=O)Nc2ccccc2F)c1N. The van der Waals surface area contributed by atoms with Crippen LogP contribution in [0.3, 0.4) is 0 Å². The molecule has 0 unspecified atom stereocenters. The first-order valence-electron chi connectivity index (χ1n) is 8.79. The molecule has 9 heteroatoms. The number of carbonyl (C=O) groups is 1. The summed E-state index contributed by atoms with van der Waals surface area (Å²) in [4.78, 5) is 16.9. The molecular weight excluding hydrogens is 375 g/mol. The van der Waals surface area contributed by atoms with Gasteiger partial charge < -0.3 is 15.5 Å². The van der Waals surface area contributed by atoms with Crippen LogP contribution in [0.1, 0.15) is 21.9 Å². The molecule has 0 radical (unpaired) electrons. The molecule has 2 heterocycles. The van der Waals surface area contributed by atoms with Crippen LogP contribution >= 0.6 is 0 Å². The molecule has 0 aliphatic carbocycles. The second kappa shape index (κ2) is 7.55. The summed E-state index contributed by atoms with van der Waals surface area (Å²) < 4.78 is 20.8. The Morgan fingerprint density at radius 2 is 1.90 bits per heavy atom. The van der Waals surface area contributed by atoms with E-state index in [-0.39, 0.29) is 23.7 Å². The number of para-hydroxylation sites is 1. The van der Waals surface area contributed by atoms with Gasteiger partial charge in [-0.2, -0.15) is 0 Å². The van der Waals surface area contributed by atoms with E-state index in [1.54, 1.807) is 13.0 Å². The van der Waals surface area contributed by atoms with Crippen molar-refractivity contribution in [3.63, 3.8) is 0 Å². The van der Waals surface area contributed by atoms with Gasteiger partial charge >= 0.3 is 0 Å². The van der Waals surface area contributed by atoms with Gasteiger partial charge in [0.15, 0.2) is 11.5 Å². The van der Waals surface area contributed by atoms with Crippen LogP contribution in [0.25, 0.3) is 11.5 Å². The molecule has 0 fully saturated rings. The second-order valence-corrected chi connectivity index (χ2v) is 6.30. The van der Waals surface area contributed by atoms with Crippen molar-refractivity contribution < 1.29 is 13.6 Å². The first-order valence-corrected chi connectivity index (χ1v) is 8.79. The van der Waals surface area contributed by atoms with Crippen molar-refractivity contribution in [1.82, 2.24) is 20.0 Å².